The molecule has 0 unspecified atom stereocenters. The van der Waals surface area contributed by atoms with E-state index in [2.05, 4.69) is 20.6 Å². The van der Waals surface area contributed by atoms with Gasteiger partial charge in [-0.1, -0.05) is 0 Å². The highest BCUT2D eigenvalue weighted by molar-refractivity contribution is 5.95. The van der Waals surface area contributed by atoms with E-state index in [1.54, 1.807) is 6.20 Å². The van der Waals surface area contributed by atoms with Gasteiger partial charge in [-0.3, -0.25) is 14.3 Å². The van der Waals surface area contributed by atoms with E-state index in [-0.39, 0.29) is 23.8 Å². The van der Waals surface area contributed by atoms with Gasteiger partial charge in [0, 0.05) is 18.2 Å². The molecule has 4 fully saturated rings. The van der Waals surface area contributed by atoms with Gasteiger partial charge in [-0.2, -0.15) is 5.10 Å². The molecule has 0 aliphatic heterocycles. The van der Waals surface area contributed by atoms with Crippen molar-refractivity contribution in [3.05, 3.63) is 12.4 Å². The van der Waals surface area contributed by atoms with Crippen LogP contribution in [0.2, 0.25) is 0 Å². The highest BCUT2D eigenvalue weighted by Gasteiger charge is 2.54. The molecule has 4 bridgehead atoms. The van der Waals surface area contributed by atoms with Crippen molar-refractivity contribution in [1.82, 2.24) is 20.0 Å². The van der Waals surface area contributed by atoms with Crippen molar-refractivity contribution in [2.45, 2.75) is 45.1 Å². The number of rotatable bonds is 7. The zero-order valence-corrected chi connectivity index (χ0v) is 16.4. The summed E-state index contributed by atoms with van der Waals surface area (Å²) < 4.78 is 1.81. The lowest BCUT2D eigenvalue weighted by molar-refractivity contribution is -0.146. The van der Waals surface area contributed by atoms with Crippen molar-refractivity contribution in [2.75, 3.05) is 32.5 Å². The second kappa shape index (κ2) is 7.26. The monoisotopic (exact) mass is 373 g/mol. The lowest BCUT2D eigenvalue weighted by Crippen LogP contribution is -2.54. The van der Waals surface area contributed by atoms with E-state index in [4.69, 9.17) is 0 Å². The minimum atomic E-state index is -0.202. The van der Waals surface area contributed by atoms with E-state index in [0.29, 0.717) is 5.69 Å². The first-order valence-electron chi connectivity index (χ1n) is 10.2. The third kappa shape index (κ3) is 4.03. The number of nitrogens with zero attached hydrogens (tertiary/aromatic N) is 3. The molecule has 0 radical (unpaired) electrons. The number of hydrogen-bond acceptors (Lipinski definition) is 4. The smallest absolute Gasteiger partial charge is 0.243 e. The molecule has 148 valence electrons. The highest BCUT2D eigenvalue weighted by atomic mass is 16.2. The van der Waals surface area contributed by atoms with Gasteiger partial charge in [0.1, 0.15) is 0 Å². The van der Waals surface area contributed by atoms with E-state index >= 15 is 0 Å². The third-order valence-electron chi connectivity index (χ3n) is 6.62. The molecule has 0 spiro atoms. The molecular formula is C20H31N5O2. The Labute approximate surface area is 160 Å². The molecule has 2 N–H and O–H groups in total. The van der Waals surface area contributed by atoms with Gasteiger partial charge in [-0.05, 0) is 70.4 Å². The Kier molecular flexibility index (Phi) is 4.97. The molecule has 1 aromatic heterocycles. The van der Waals surface area contributed by atoms with Crippen molar-refractivity contribution in [2.24, 2.45) is 23.2 Å². The predicted molar refractivity (Wildman–Crippen MR) is 103 cm³/mol. The van der Waals surface area contributed by atoms with Gasteiger partial charge in [0.15, 0.2) is 0 Å². The molecule has 0 aromatic carbocycles. The molecular weight excluding hydrogens is 342 g/mol. The average molecular weight is 374 g/mol. The van der Waals surface area contributed by atoms with Gasteiger partial charge < -0.3 is 15.5 Å². The Bertz CT molecular complexity index is 676. The van der Waals surface area contributed by atoms with Crippen LogP contribution in [0.5, 0.6) is 0 Å². The summed E-state index contributed by atoms with van der Waals surface area (Å²) in [6.07, 6.45) is 10.5. The Morgan fingerprint density at radius 2 is 1.81 bits per heavy atom. The van der Waals surface area contributed by atoms with Crippen LogP contribution < -0.4 is 10.6 Å². The van der Waals surface area contributed by atoms with Crippen LogP contribution in [0.4, 0.5) is 5.69 Å². The second-order valence-corrected chi connectivity index (χ2v) is 9.22. The van der Waals surface area contributed by atoms with Gasteiger partial charge in [0.25, 0.3) is 0 Å². The molecule has 4 saturated carbocycles. The van der Waals surface area contributed by atoms with Crippen LogP contribution in [-0.4, -0.2) is 53.7 Å². The first-order valence-corrected chi connectivity index (χ1v) is 10.2. The summed E-state index contributed by atoms with van der Waals surface area (Å²) >= 11 is 0. The van der Waals surface area contributed by atoms with Crippen LogP contribution in [0.3, 0.4) is 0 Å². The molecule has 5 rings (SSSR count). The number of carbonyl (C=O) groups is 2. The van der Waals surface area contributed by atoms with Crippen LogP contribution in [0, 0.1) is 23.2 Å². The molecule has 2 amide bonds. The zero-order valence-electron chi connectivity index (χ0n) is 16.4. The van der Waals surface area contributed by atoms with Crippen LogP contribution in [0.15, 0.2) is 12.4 Å². The molecule has 0 atom stereocenters. The molecule has 1 heterocycles. The zero-order chi connectivity index (χ0) is 19.0. The van der Waals surface area contributed by atoms with Crippen molar-refractivity contribution in [3.8, 4) is 0 Å². The normalized spacial score (nSPS) is 31.3. The third-order valence-corrected chi connectivity index (χ3v) is 6.62. The summed E-state index contributed by atoms with van der Waals surface area (Å²) in [6.45, 7) is 1.69. The quantitative estimate of drug-likeness (QED) is 0.763. The molecule has 7 nitrogen and oxygen atoms in total. The Morgan fingerprint density at radius 1 is 1.19 bits per heavy atom. The minimum Gasteiger partial charge on any atom is -0.347 e. The number of hydrogen-bond donors (Lipinski definition) is 2. The first-order chi connectivity index (χ1) is 12.9. The first kappa shape index (κ1) is 18.5. The Hall–Kier alpha value is -1.89. The number of amides is 2. The fourth-order valence-electron chi connectivity index (χ4n) is 5.79. The number of carbonyl (C=O) groups excluding carboxylic acids is 2. The average Bonchev–Trinajstić information content (AvgIpc) is 3.04. The largest absolute Gasteiger partial charge is 0.347 e. The number of nitrogens with one attached hydrogen (secondary N) is 2. The van der Waals surface area contributed by atoms with Crippen LogP contribution in [-0.2, 0) is 16.1 Å². The second-order valence-electron chi connectivity index (χ2n) is 9.22. The van der Waals surface area contributed by atoms with Gasteiger partial charge in [-0.15, -0.1) is 0 Å². The lowest BCUT2D eigenvalue weighted by Gasteiger charge is -2.55. The molecule has 7 heteroatoms. The summed E-state index contributed by atoms with van der Waals surface area (Å²) in [5.41, 5.74) is 0.467. The van der Waals surface area contributed by atoms with Crippen molar-refractivity contribution in [3.63, 3.8) is 0 Å². The maximum absolute atomic E-state index is 12.9. The standard InChI is InChI=1S/C20H31N5O2/c1-24(2)3-4-25-13-17(11-22-25)23-18(26)12-21-19(27)20-8-14-5-15(9-20)7-16(6-14)10-20/h11,13-16H,3-10,12H2,1-2H3,(H,21,27)(H,23,26). The summed E-state index contributed by atoms with van der Waals surface area (Å²) in [4.78, 5) is 27.2. The van der Waals surface area contributed by atoms with Gasteiger partial charge >= 0.3 is 0 Å². The lowest BCUT2D eigenvalue weighted by atomic mass is 9.49. The molecule has 4 aliphatic rings. The molecule has 0 saturated heterocycles. The maximum atomic E-state index is 12.9. The van der Waals surface area contributed by atoms with E-state index in [0.717, 1.165) is 50.1 Å². The van der Waals surface area contributed by atoms with E-state index in [1.165, 1.54) is 19.3 Å². The van der Waals surface area contributed by atoms with E-state index < -0.39 is 0 Å². The SMILES string of the molecule is CN(C)CCn1cc(NC(=O)CNC(=O)C23CC4CC(CC(C4)C2)C3)cn1. The Morgan fingerprint density at radius 3 is 2.41 bits per heavy atom. The predicted octanol–water partition coefficient (Wildman–Crippen LogP) is 1.72. The molecule has 1 aromatic rings. The summed E-state index contributed by atoms with van der Waals surface area (Å²) in [6, 6.07) is 0. The van der Waals surface area contributed by atoms with Gasteiger partial charge in [0.2, 0.25) is 11.8 Å². The fraction of sp³-hybridized carbons (Fsp3) is 0.750. The summed E-state index contributed by atoms with van der Waals surface area (Å²) in [5, 5.41) is 10.0. The van der Waals surface area contributed by atoms with Gasteiger partial charge in [0.05, 0.1) is 25.0 Å². The number of aromatic nitrogens is 2. The van der Waals surface area contributed by atoms with E-state index in [9.17, 15) is 9.59 Å². The summed E-state index contributed by atoms with van der Waals surface area (Å²) in [5.74, 6) is 2.08. The number of anilines is 1. The van der Waals surface area contributed by atoms with Crippen molar-refractivity contribution < 1.29 is 9.59 Å². The fourth-order valence-corrected chi connectivity index (χ4v) is 5.79. The summed E-state index contributed by atoms with van der Waals surface area (Å²) in [7, 11) is 4.03. The number of likely N-dealkylation sites (N-methyl/N-ethyl adjacent to an activating group) is 1. The topological polar surface area (TPSA) is 79.3 Å². The Balaban J connectivity index is 1.26. The maximum Gasteiger partial charge on any atom is 0.243 e. The highest BCUT2D eigenvalue weighted by Crippen LogP contribution is 2.60. The molecule has 27 heavy (non-hydrogen) atoms. The van der Waals surface area contributed by atoms with Crippen LogP contribution in [0.1, 0.15) is 38.5 Å². The molecule has 4 aliphatic carbocycles. The van der Waals surface area contributed by atoms with Crippen molar-refractivity contribution >= 4 is 17.5 Å². The van der Waals surface area contributed by atoms with E-state index in [1.807, 2.05) is 25.0 Å². The van der Waals surface area contributed by atoms with Gasteiger partial charge in [-0.25, -0.2) is 0 Å². The van der Waals surface area contributed by atoms with Crippen LogP contribution in [0.25, 0.3) is 0 Å². The minimum absolute atomic E-state index is 0.0312. The van der Waals surface area contributed by atoms with Crippen LogP contribution >= 0.6 is 0 Å². The van der Waals surface area contributed by atoms with Crippen molar-refractivity contribution in [1.29, 1.82) is 0 Å².